The highest BCUT2D eigenvalue weighted by molar-refractivity contribution is 8.00. The number of piperazine rings is 1. The molecule has 2 heterocycles. The minimum atomic E-state index is -0.144. The zero-order valence-electron chi connectivity index (χ0n) is 12.4. The fourth-order valence-corrected chi connectivity index (χ4v) is 3.94. The Morgan fingerprint density at radius 3 is 2.76 bits per heavy atom. The summed E-state index contributed by atoms with van der Waals surface area (Å²) in [6, 6.07) is 0.406. The number of carbonyl (C=O) groups excluding carboxylic acids is 1. The van der Waals surface area contributed by atoms with Crippen molar-refractivity contribution in [2.75, 3.05) is 26.2 Å². The van der Waals surface area contributed by atoms with Gasteiger partial charge in [0.2, 0.25) is 11.1 Å². The average Bonchev–Trinajstić information content (AvgIpc) is 3.18. The number of hydrogen-bond acceptors (Lipinski definition) is 6. The SMILES string of the molecule is CC(Sc1nnnn1C1CCCC1)C(=O)N1CCNCC1. The van der Waals surface area contributed by atoms with Crippen LogP contribution >= 0.6 is 11.8 Å². The summed E-state index contributed by atoms with van der Waals surface area (Å²) in [4.78, 5) is 14.4. The van der Waals surface area contributed by atoms with Crippen LogP contribution in [-0.2, 0) is 4.79 Å². The first kappa shape index (κ1) is 14.8. The van der Waals surface area contributed by atoms with Gasteiger partial charge in [-0.2, -0.15) is 0 Å². The maximum Gasteiger partial charge on any atom is 0.235 e. The van der Waals surface area contributed by atoms with E-state index in [0.29, 0.717) is 6.04 Å². The highest BCUT2D eigenvalue weighted by Crippen LogP contribution is 2.32. The van der Waals surface area contributed by atoms with Crippen LogP contribution in [0.1, 0.15) is 38.6 Å². The Bertz CT molecular complexity index is 481. The fraction of sp³-hybridized carbons (Fsp3) is 0.846. The number of rotatable bonds is 4. The Morgan fingerprint density at radius 1 is 1.33 bits per heavy atom. The second-order valence-corrected chi connectivity index (χ2v) is 6.99. The maximum absolute atomic E-state index is 12.5. The first-order valence-electron chi connectivity index (χ1n) is 7.70. The normalized spacial score (nSPS) is 21.7. The molecule has 1 aliphatic carbocycles. The Labute approximate surface area is 128 Å². The first-order chi connectivity index (χ1) is 10.3. The third kappa shape index (κ3) is 3.37. The molecule has 1 N–H and O–H groups in total. The number of nitrogens with one attached hydrogen (secondary N) is 1. The van der Waals surface area contributed by atoms with E-state index in [-0.39, 0.29) is 11.2 Å². The van der Waals surface area contributed by atoms with Crippen LogP contribution in [0.2, 0.25) is 0 Å². The van der Waals surface area contributed by atoms with Gasteiger partial charge in [0, 0.05) is 26.2 Å². The van der Waals surface area contributed by atoms with E-state index >= 15 is 0 Å². The standard InChI is InChI=1S/C13H22N6OS/c1-10(12(20)18-8-6-14-7-9-18)21-13-15-16-17-19(13)11-4-2-3-5-11/h10-11,14H,2-9H2,1H3. The van der Waals surface area contributed by atoms with E-state index in [1.165, 1.54) is 24.6 Å². The second kappa shape index (κ2) is 6.74. The largest absolute Gasteiger partial charge is 0.339 e. The fourth-order valence-electron chi connectivity index (χ4n) is 2.99. The topological polar surface area (TPSA) is 75.9 Å². The number of nitrogens with zero attached hydrogens (tertiary/aromatic N) is 5. The molecule has 2 fully saturated rings. The Kier molecular flexibility index (Phi) is 4.74. The average molecular weight is 310 g/mol. The van der Waals surface area contributed by atoms with Crippen molar-refractivity contribution in [3.05, 3.63) is 0 Å². The van der Waals surface area contributed by atoms with Gasteiger partial charge in [-0.3, -0.25) is 4.79 Å². The van der Waals surface area contributed by atoms with Gasteiger partial charge in [-0.25, -0.2) is 4.68 Å². The summed E-state index contributed by atoms with van der Waals surface area (Å²) in [5.74, 6) is 0.183. The van der Waals surface area contributed by atoms with Crippen molar-refractivity contribution < 1.29 is 4.79 Å². The van der Waals surface area contributed by atoms with Crippen LogP contribution in [0.25, 0.3) is 0 Å². The highest BCUT2D eigenvalue weighted by atomic mass is 32.2. The molecule has 1 saturated heterocycles. The van der Waals surface area contributed by atoms with Crippen LogP contribution in [-0.4, -0.2) is 62.4 Å². The number of hydrogen-bond donors (Lipinski definition) is 1. The molecule has 1 aromatic rings. The van der Waals surface area contributed by atoms with Crippen LogP contribution in [0.5, 0.6) is 0 Å². The van der Waals surface area contributed by atoms with Crippen molar-refractivity contribution in [2.24, 2.45) is 0 Å². The summed E-state index contributed by atoms with van der Waals surface area (Å²) in [5, 5.41) is 15.9. The van der Waals surface area contributed by atoms with E-state index in [4.69, 9.17) is 0 Å². The monoisotopic (exact) mass is 310 g/mol. The molecule has 21 heavy (non-hydrogen) atoms. The molecule has 1 amide bonds. The van der Waals surface area contributed by atoms with Gasteiger partial charge in [-0.15, -0.1) is 5.10 Å². The predicted molar refractivity (Wildman–Crippen MR) is 80.1 cm³/mol. The molecule has 0 bridgehead atoms. The number of thioether (sulfide) groups is 1. The summed E-state index contributed by atoms with van der Waals surface area (Å²) in [6.45, 7) is 5.28. The Balaban J connectivity index is 1.63. The Hall–Kier alpha value is -1.15. The van der Waals surface area contributed by atoms with Gasteiger partial charge in [-0.1, -0.05) is 24.6 Å². The molecule has 1 aromatic heterocycles. The molecule has 1 saturated carbocycles. The summed E-state index contributed by atoms with van der Waals surface area (Å²) < 4.78 is 1.92. The van der Waals surface area contributed by atoms with E-state index in [1.807, 2.05) is 16.5 Å². The lowest BCUT2D eigenvalue weighted by Gasteiger charge is -2.29. The molecular formula is C13H22N6OS. The second-order valence-electron chi connectivity index (χ2n) is 5.68. The minimum Gasteiger partial charge on any atom is -0.339 e. The molecule has 0 aromatic carbocycles. The first-order valence-corrected chi connectivity index (χ1v) is 8.57. The zero-order chi connectivity index (χ0) is 14.7. The van der Waals surface area contributed by atoms with Crippen LogP contribution in [0, 0.1) is 0 Å². The molecule has 1 atom stereocenters. The van der Waals surface area contributed by atoms with E-state index in [9.17, 15) is 4.79 Å². The van der Waals surface area contributed by atoms with Crippen molar-refractivity contribution in [1.29, 1.82) is 0 Å². The van der Waals surface area contributed by atoms with E-state index in [2.05, 4.69) is 20.8 Å². The molecule has 3 rings (SSSR count). The maximum atomic E-state index is 12.5. The van der Waals surface area contributed by atoms with Gasteiger partial charge in [0.15, 0.2) is 0 Å². The third-order valence-corrected chi connectivity index (χ3v) is 5.23. The summed E-state index contributed by atoms with van der Waals surface area (Å²) in [7, 11) is 0. The smallest absolute Gasteiger partial charge is 0.235 e. The lowest BCUT2D eigenvalue weighted by atomic mass is 10.3. The van der Waals surface area contributed by atoms with E-state index < -0.39 is 0 Å². The lowest BCUT2D eigenvalue weighted by molar-refractivity contribution is -0.130. The molecule has 1 unspecified atom stereocenters. The number of tetrazole rings is 1. The number of amides is 1. The van der Waals surface area contributed by atoms with E-state index in [0.717, 1.165) is 44.2 Å². The highest BCUT2D eigenvalue weighted by Gasteiger charge is 2.27. The van der Waals surface area contributed by atoms with Gasteiger partial charge in [0.25, 0.3) is 0 Å². The quantitative estimate of drug-likeness (QED) is 0.825. The van der Waals surface area contributed by atoms with Crippen molar-refractivity contribution >= 4 is 17.7 Å². The zero-order valence-corrected chi connectivity index (χ0v) is 13.2. The van der Waals surface area contributed by atoms with Gasteiger partial charge in [0.1, 0.15) is 0 Å². The molecule has 1 aliphatic heterocycles. The van der Waals surface area contributed by atoms with Gasteiger partial charge < -0.3 is 10.2 Å². The van der Waals surface area contributed by atoms with Gasteiger partial charge in [-0.05, 0) is 30.2 Å². The van der Waals surface area contributed by atoms with Crippen LogP contribution in [0.3, 0.4) is 0 Å². The van der Waals surface area contributed by atoms with Gasteiger partial charge >= 0.3 is 0 Å². The number of aromatic nitrogens is 4. The summed E-state index contributed by atoms with van der Waals surface area (Å²) in [5.41, 5.74) is 0. The van der Waals surface area contributed by atoms with Crippen molar-refractivity contribution in [3.8, 4) is 0 Å². The molecule has 8 heteroatoms. The predicted octanol–water partition coefficient (Wildman–Crippen LogP) is 0.701. The van der Waals surface area contributed by atoms with Crippen LogP contribution < -0.4 is 5.32 Å². The number of carbonyl (C=O) groups is 1. The molecule has 2 aliphatic rings. The van der Waals surface area contributed by atoms with Crippen LogP contribution in [0.4, 0.5) is 0 Å². The minimum absolute atomic E-state index is 0.144. The molecule has 116 valence electrons. The van der Waals surface area contributed by atoms with Crippen molar-refractivity contribution in [2.45, 2.75) is 49.1 Å². The van der Waals surface area contributed by atoms with Crippen molar-refractivity contribution in [3.63, 3.8) is 0 Å². The lowest BCUT2D eigenvalue weighted by Crippen LogP contribution is -2.48. The summed E-state index contributed by atoms with van der Waals surface area (Å²) in [6.07, 6.45) is 4.76. The third-order valence-electron chi connectivity index (χ3n) is 4.19. The van der Waals surface area contributed by atoms with Crippen LogP contribution in [0.15, 0.2) is 5.16 Å². The van der Waals surface area contributed by atoms with Gasteiger partial charge in [0.05, 0.1) is 11.3 Å². The molecule has 7 nitrogen and oxygen atoms in total. The Morgan fingerprint density at radius 2 is 2.05 bits per heavy atom. The summed E-state index contributed by atoms with van der Waals surface area (Å²) >= 11 is 1.48. The molecule has 0 radical (unpaired) electrons. The van der Waals surface area contributed by atoms with Crippen molar-refractivity contribution in [1.82, 2.24) is 30.4 Å². The van der Waals surface area contributed by atoms with E-state index in [1.54, 1.807) is 0 Å². The molecular weight excluding hydrogens is 288 g/mol. The molecule has 0 spiro atoms.